The average Bonchev–Trinajstić information content (AvgIpc) is 3.27. The second-order valence-corrected chi connectivity index (χ2v) is 8.20. The number of rotatable bonds is 6. The fourth-order valence-electron chi connectivity index (χ4n) is 4.18. The van der Waals surface area contributed by atoms with Crippen molar-refractivity contribution >= 4 is 17.3 Å². The molecule has 3 heterocycles. The van der Waals surface area contributed by atoms with Crippen molar-refractivity contribution < 1.29 is 4.74 Å². The van der Waals surface area contributed by atoms with E-state index in [1.165, 1.54) is 12.4 Å². The number of nitriles is 1. The first kappa shape index (κ1) is 21.6. The number of ether oxygens (including phenoxy) is 1. The molecule has 0 bridgehead atoms. The highest BCUT2D eigenvalue weighted by Gasteiger charge is 2.26. The predicted octanol–water partition coefficient (Wildman–Crippen LogP) is 3.41. The van der Waals surface area contributed by atoms with Crippen molar-refractivity contribution in [2.75, 3.05) is 37.0 Å². The van der Waals surface area contributed by atoms with Crippen LogP contribution in [0.4, 0.5) is 17.3 Å². The van der Waals surface area contributed by atoms with Crippen LogP contribution in [0, 0.1) is 11.3 Å². The zero-order valence-corrected chi connectivity index (χ0v) is 18.8. The van der Waals surface area contributed by atoms with Crippen LogP contribution >= 0.6 is 0 Å². The van der Waals surface area contributed by atoms with Gasteiger partial charge in [-0.1, -0.05) is 0 Å². The minimum absolute atomic E-state index is 0.267. The lowest BCUT2D eigenvalue weighted by Gasteiger charge is -2.43. The van der Waals surface area contributed by atoms with E-state index in [0.717, 1.165) is 42.3 Å². The summed E-state index contributed by atoms with van der Waals surface area (Å²) in [5.74, 6) is 1.90. The van der Waals surface area contributed by atoms with Gasteiger partial charge in [-0.3, -0.25) is 10.00 Å². The van der Waals surface area contributed by atoms with Gasteiger partial charge in [0.15, 0.2) is 11.5 Å². The number of anilines is 3. The fraction of sp³-hybridized carbons (Fsp3) is 0.391. The maximum atomic E-state index is 8.84. The summed E-state index contributed by atoms with van der Waals surface area (Å²) in [6, 6.07) is 11.2. The zero-order chi connectivity index (χ0) is 22.7. The number of piperazine rings is 1. The Bertz CT molecular complexity index is 1100. The highest BCUT2D eigenvalue weighted by Crippen LogP contribution is 2.34. The van der Waals surface area contributed by atoms with Gasteiger partial charge in [0.25, 0.3) is 0 Å². The molecule has 1 aliphatic heterocycles. The molecule has 1 aromatic carbocycles. The molecule has 2 aromatic heterocycles. The number of nitrogens with zero attached hydrogens (tertiary/aromatic N) is 6. The van der Waals surface area contributed by atoms with E-state index in [0.29, 0.717) is 23.7 Å². The second kappa shape index (κ2) is 9.24. The van der Waals surface area contributed by atoms with Gasteiger partial charge in [-0.2, -0.15) is 10.4 Å². The summed E-state index contributed by atoms with van der Waals surface area (Å²) >= 11 is 0. The Morgan fingerprint density at radius 1 is 1.19 bits per heavy atom. The first-order valence-corrected chi connectivity index (χ1v) is 10.7. The van der Waals surface area contributed by atoms with E-state index in [4.69, 9.17) is 10.00 Å². The Balaban J connectivity index is 1.50. The van der Waals surface area contributed by atoms with Crippen LogP contribution in [-0.4, -0.2) is 63.9 Å². The Morgan fingerprint density at radius 2 is 2.03 bits per heavy atom. The fourth-order valence-corrected chi connectivity index (χ4v) is 4.18. The summed E-state index contributed by atoms with van der Waals surface area (Å²) in [5, 5.41) is 19.3. The molecule has 0 unspecified atom stereocenters. The number of methoxy groups -OCH3 is 1. The molecule has 1 saturated heterocycles. The van der Waals surface area contributed by atoms with E-state index in [1.807, 2.05) is 12.1 Å². The largest absolute Gasteiger partial charge is 0.496 e. The highest BCUT2D eigenvalue weighted by atomic mass is 16.5. The van der Waals surface area contributed by atoms with Gasteiger partial charge in [0, 0.05) is 55.1 Å². The van der Waals surface area contributed by atoms with E-state index >= 15 is 0 Å². The number of benzene rings is 1. The van der Waals surface area contributed by atoms with Gasteiger partial charge in [0.05, 0.1) is 25.2 Å². The van der Waals surface area contributed by atoms with Gasteiger partial charge in [-0.15, -0.1) is 0 Å². The van der Waals surface area contributed by atoms with Gasteiger partial charge >= 0.3 is 0 Å². The molecule has 9 heteroatoms. The van der Waals surface area contributed by atoms with Gasteiger partial charge in [-0.25, -0.2) is 9.97 Å². The SMILES string of the molecule is COc1cc(N2CCN(C(C)C)[C@H](C)C2)ccc1-c1cc(Nc2cnc(C#N)cn2)n[nH]1. The summed E-state index contributed by atoms with van der Waals surface area (Å²) < 4.78 is 5.71. The molecule has 0 spiro atoms. The molecule has 0 radical (unpaired) electrons. The van der Waals surface area contributed by atoms with Crippen LogP contribution in [0.15, 0.2) is 36.7 Å². The third-order valence-electron chi connectivity index (χ3n) is 5.78. The van der Waals surface area contributed by atoms with Gasteiger partial charge in [-0.05, 0) is 32.9 Å². The van der Waals surface area contributed by atoms with Gasteiger partial charge < -0.3 is 15.0 Å². The lowest BCUT2D eigenvalue weighted by molar-refractivity contribution is 0.148. The number of nitrogens with one attached hydrogen (secondary N) is 2. The zero-order valence-electron chi connectivity index (χ0n) is 18.8. The molecule has 0 saturated carbocycles. The van der Waals surface area contributed by atoms with Crippen LogP contribution < -0.4 is 15.0 Å². The molecule has 166 valence electrons. The van der Waals surface area contributed by atoms with Crippen LogP contribution in [0.25, 0.3) is 11.3 Å². The molecule has 0 aliphatic carbocycles. The van der Waals surface area contributed by atoms with E-state index in [9.17, 15) is 0 Å². The van der Waals surface area contributed by atoms with Crippen LogP contribution in [0.5, 0.6) is 5.75 Å². The van der Waals surface area contributed by atoms with Crippen LogP contribution in [0.1, 0.15) is 26.5 Å². The lowest BCUT2D eigenvalue weighted by Crippen LogP contribution is -2.54. The lowest BCUT2D eigenvalue weighted by atomic mass is 10.1. The molecule has 1 atom stereocenters. The Morgan fingerprint density at radius 3 is 2.69 bits per heavy atom. The summed E-state index contributed by atoms with van der Waals surface area (Å²) in [6.07, 6.45) is 2.92. The molecular weight excluding hydrogens is 404 g/mol. The van der Waals surface area contributed by atoms with Gasteiger partial charge in [0.2, 0.25) is 0 Å². The topological polar surface area (TPSA) is 106 Å². The molecular formula is C23H28N8O. The smallest absolute Gasteiger partial charge is 0.158 e. The number of aromatic amines is 1. The van der Waals surface area contributed by atoms with Crippen LogP contribution in [-0.2, 0) is 0 Å². The summed E-state index contributed by atoms with van der Waals surface area (Å²) in [7, 11) is 1.68. The van der Waals surface area contributed by atoms with Gasteiger partial charge in [0.1, 0.15) is 17.6 Å². The van der Waals surface area contributed by atoms with Crippen molar-refractivity contribution in [3.63, 3.8) is 0 Å². The van der Waals surface area contributed by atoms with Crippen molar-refractivity contribution in [2.24, 2.45) is 0 Å². The molecule has 1 fully saturated rings. The quantitative estimate of drug-likeness (QED) is 0.610. The average molecular weight is 433 g/mol. The van der Waals surface area contributed by atoms with E-state index < -0.39 is 0 Å². The minimum Gasteiger partial charge on any atom is -0.496 e. The van der Waals surface area contributed by atoms with Crippen molar-refractivity contribution in [1.29, 1.82) is 5.26 Å². The first-order chi connectivity index (χ1) is 15.5. The van der Waals surface area contributed by atoms with E-state index in [-0.39, 0.29) is 5.69 Å². The number of aromatic nitrogens is 4. The van der Waals surface area contributed by atoms with E-state index in [2.05, 4.69) is 74.3 Å². The molecule has 1 aliphatic rings. The molecule has 2 N–H and O–H groups in total. The summed E-state index contributed by atoms with van der Waals surface area (Å²) in [5.41, 5.74) is 3.18. The Kier molecular flexibility index (Phi) is 6.23. The number of hydrogen-bond donors (Lipinski definition) is 2. The van der Waals surface area contributed by atoms with Crippen LogP contribution in [0.3, 0.4) is 0 Å². The predicted molar refractivity (Wildman–Crippen MR) is 124 cm³/mol. The maximum Gasteiger partial charge on any atom is 0.158 e. The molecule has 3 aromatic rings. The third kappa shape index (κ3) is 4.50. The molecule has 32 heavy (non-hydrogen) atoms. The van der Waals surface area contributed by atoms with Crippen molar-refractivity contribution in [2.45, 2.75) is 32.9 Å². The molecule has 0 amide bonds. The normalized spacial score (nSPS) is 16.8. The summed E-state index contributed by atoms with van der Waals surface area (Å²) in [4.78, 5) is 13.1. The van der Waals surface area contributed by atoms with Crippen molar-refractivity contribution in [3.05, 3.63) is 42.4 Å². The van der Waals surface area contributed by atoms with Crippen molar-refractivity contribution in [3.8, 4) is 23.1 Å². The van der Waals surface area contributed by atoms with Crippen molar-refractivity contribution in [1.82, 2.24) is 25.1 Å². The molecule has 4 rings (SSSR count). The second-order valence-electron chi connectivity index (χ2n) is 8.20. The number of hydrogen-bond acceptors (Lipinski definition) is 8. The standard InChI is InChI=1S/C23H28N8O/c1-15(2)31-8-7-30(14-16(31)3)18-5-6-19(21(9-18)32-4)20-10-22(29-28-20)27-23-13-25-17(11-24)12-26-23/h5-6,9-10,12-13,15-16H,7-8,14H2,1-4H3,(H2,26,27,28,29)/t16-/m1/s1. The first-order valence-electron chi connectivity index (χ1n) is 10.7. The minimum atomic E-state index is 0.267. The van der Waals surface area contributed by atoms with E-state index in [1.54, 1.807) is 7.11 Å². The van der Waals surface area contributed by atoms with Crippen LogP contribution in [0.2, 0.25) is 0 Å². The third-order valence-corrected chi connectivity index (χ3v) is 5.78. The maximum absolute atomic E-state index is 8.84. The number of H-pyrrole nitrogens is 1. The highest BCUT2D eigenvalue weighted by molar-refractivity contribution is 5.73. The monoisotopic (exact) mass is 432 g/mol. The Hall–Kier alpha value is -3.64. The Labute approximate surface area is 188 Å². The summed E-state index contributed by atoms with van der Waals surface area (Å²) in [6.45, 7) is 9.84. The molecule has 9 nitrogen and oxygen atoms in total.